The van der Waals surface area contributed by atoms with Crippen LogP contribution in [0, 0.1) is 6.07 Å². The molecule has 0 aliphatic rings. The fraction of sp³-hybridized carbons (Fsp3) is 0.250. The van der Waals surface area contributed by atoms with Gasteiger partial charge in [-0.25, -0.2) is 16.8 Å². The van der Waals surface area contributed by atoms with Gasteiger partial charge >= 0.3 is 0 Å². The molecule has 0 spiro atoms. The van der Waals surface area contributed by atoms with Crippen LogP contribution in [0.1, 0.15) is 0 Å². The van der Waals surface area contributed by atoms with Crippen LogP contribution in [-0.2, 0) is 20.0 Å². The van der Waals surface area contributed by atoms with E-state index in [2.05, 4.69) is 15.5 Å². The highest BCUT2D eigenvalue weighted by atomic mass is 32.2. The van der Waals surface area contributed by atoms with Gasteiger partial charge in [0.05, 0.1) is 23.9 Å². The SMILES string of the molecule is CS(=O)(=O)Nc1c[c]cc(NS(C)(=O)=O)c1. The number of benzene rings is 1. The summed E-state index contributed by atoms with van der Waals surface area (Å²) in [6.07, 6.45) is 2.01. The Labute approximate surface area is 94.8 Å². The number of rotatable bonds is 4. The minimum Gasteiger partial charge on any atom is -0.284 e. The summed E-state index contributed by atoms with van der Waals surface area (Å²) in [6, 6.07) is 6.78. The second kappa shape index (κ2) is 4.30. The van der Waals surface area contributed by atoms with Gasteiger partial charge < -0.3 is 0 Å². The van der Waals surface area contributed by atoms with Crippen molar-refractivity contribution in [2.75, 3.05) is 22.0 Å². The summed E-state index contributed by atoms with van der Waals surface area (Å²) in [5.74, 6) is 0. The van der Waals surface area contributed by atoms with Gasteiger partial charge in [0.1, 0.15) is 0 Å². The first-order valence-electron chi connectivity index (χ1n) is 4.12. The predicted octanol–water partition coefficient (Wildman–Crippen LogP) is 0.230. The molecule has 0 amide bonds. The summed E-state index contributed by atoms with van der Waals surface area (Å²) < 4.78 is 48.2. The van der Waals surface area contributed by atoms with E-state index >= 15 is 0 Å². The van der Waals surface area contributed by atoms with Crippen molar-refractivity contribution in [2.24, 2.45) is 0 Å². The average Bonchev–Trinajstić information content (AvgIpc) is 1.96. The van der Waals surface area contributed by atoms with Crippen molar-refractivity contribution in [1.29, 1.82) is 0 Å². The monoisotopic (exact) mass is 263 g/mol. The lowest BCUT2D eigenvalue weighted by Gasteiger charge is -2.07. The Morgan fingerprint density at radius 1 is 0.938 bits per heavy atom. The molecule has 1 aromatic rings. The van der Waals surface area contributed by atoms with Crippen LogP contribution in [0.4, 0.5) is 11.4 Å². The third kappa shape index (κ3) is 4.99. The van der Waals surface area contributed by atoms with Crippen molar-refractivity contribution in [1.82, 2.24) is 0 Å². The quantitative estimate of drug-likeness (QED) is 0.813. The Morgan fingerprint density at radius 3 is 1.62 bits per heavy atom. The van der Waals surface area contributed by atoms with Crippen molar-refractivity contribution in [3.8, 4) is 0 Å². The van der Waals surface area contributed by atoms with Gasteiger partial charge in [0, 0.05) is 0 Å². The smallest absolute Gasteiger partial charge is 0.229 e. The Kier molecular flexibility index (Phi) is 3.44. The molecule has 1 rings (SSSR count). The third-order valence-corrected chi connectivity index (χ3v) is 2.61. The van der Waals surface area contributed by atoms with Gasteiger partial charge in [0.2, 0.25) is 20.0 Å². The van der Waals surface area contributed by atoms with Crippen molar-refractivity contribution in [3.63, 3.8) is 0 Å². The van der Waals surface area contributed by atoms with Crippen LogP contribution in [0.3, 0.4) is 0 Å². The summed E-state index contributed by atoms with van der Waals surface area (Å²) in [4.78, 5) is 0. The maximum atomic E-state index is 10.9. The minimum absolute atomic E-state index is 0.246. The molecule has 0 bridgehead atoms. The summed E-state index contributed by atoms with van der Waals surface area (Å²) in [7, 11) is -6.77. The summed E-state index contributed by atoms with van der Waals surface area (Å²) in [5, 5.41) is 0. The normalized spacial score (nSPS) is 12.1. The second-order valence-corrected chi connectivity index (χ2v) is 6.76. The summed E-state index contributed by atoms with van der Waals surface area (Å²) >= 11 is 0. The van der Waals surface area contributed by atoms with Crippen LogP contribution in [0.2, 0.25) is 0 Å². The molecule has 0 fully saturated rings. The first-order chi connectivity index (χ1) is 7.16. The fourth-order valence-electron chi connectivity index (χ4n) is 1.02. The van der Waals surface area contributed by atoms with Gasteiger partial charge in [-0.1, -0.05) is 0 Å². The molecule has 89 valence electrons. The first kappa shape index (κ1) is 12.8. The van der Waals surface area contributed by atoms with E-state index in [1.807, 2.05) is 0 Å². The molecule has 0 aliphatic carbocycles. The van der Waals surface area contributed by atoms with E-state index in [1.54, 1.807) is 0 Å². The van der Waals surface area contributed by atoms with Crippen molar-refractivity contribution in [2.45, 2.75) is 0 Å². The van der Waals surface area contributed by atoms with E-state index < -0.39 is 20.0 Å². The number of nitrogens with one attached hydrogen (secondary N) is 2. The van der Waals surface area contributed by atoms with Crippen molar-refractivity contribution < 1.29 is 16.8 Å². The molecule has 0 saturated carbocycles. The molecule has 1 radical (unpaired) electrons. The Balaban J connectivity index is 2.96. The molecule has 0 aromatic heterocycles. The average molecular weight is 263 g/mol. The zero-order chi connectivity index (χ0) is 12.4. The highest BCUT2D eigenvalue weighted by Gasteiger charge is 2.05. The maximum Gasteiger partial charge on any atom is 0.229 e. The highest BCUT2D eigenvalue weighted by Crippen LogP contribution is 2.16. The van der Waals surface area contributed by atoms with Crippen molar-refractivity contribution >= 4 is 31.4 Å². The summed E-state index contributed by atoms with van der Waals surface area (Å²) in [5.41, 5.74) is 0.493. The Morgan fingerprint density at radius 2 is 1.31 bits per heavy atom. The molecular weight excluding hydrogens is 252 g/mol. The fourth-order valence-corrected chi connectivity index (χ4v) is 2.11. The van der Waals surface area contributed by atoms with Gasteiger partial charge in [-0.2, -0.15) is 0 Å². The van der Waals surface area contributed by atoms with E-state index in [9.17, 15) is 16.8 Å². The topological polar surface area (TPSA) is 92.3 Å². The molecule has 2 N–H and O–H groups in total. The molecule has 0 unspecified atom stereocenters. The van der Waals surface area contributed by atoms with Crippen molar-refractivity contribution in [3.05, 3.63) is 24.3 Å². The molecular formula is C8H11N2O4S2. The lowest BCUT2D eigenvalue weighted by atomic mass is 10.3. The van der Waals surface area contributed by atoms with E-state index in [4.69, 9.17) is 0 Å². The van der Waals surface area contributed by atoms with Crippen LogP contribution in [0.25, 0.3) is 0 Å². The molecule has 1 aromatic carbocycles. The molecule has 0 heterocycles. The van der Waals surface area contributed by atoms with Gasteiger partial charge in [-0.3, -0.25) is 9.44 Å². The molecule has 6 nitrogen and oxygen atoms in total. The highest BCUT2D eigenvalue weighted by molar-refractivity contribution is 7.92. The van der Waals surface area contributed by atoms with E-state index in [1.165, 1.54) is 18.2 Å². The predicted molar refractivity (Wildman–Crippen MR) is 62.2 cm³/mol. The minimum atomic E-state index is -3.38. The standard InChI is InChI=1S/C8H11N2O4S2/c1-15(11,12)9-7-4-3-5-8(6-7)10-16(2,13)14/h4-6,9-10H,1-2H3. The Bertz CT molecular complexity index is 529. The molecule has 16 heavy (non-hydrogen) atoms. The van der Waals surface area contributed by atoms with Crippen LogP contribution in [0.5, 0.6) is 0 Å². The third-order valence-electron chi connectivity index (χ3n) is 1.40. The first-order valence-corrected chi connectivity index (χ1v) is 7.91. The van der Waals surface area contributed by atoms with Gasteiger partial charge in [0.25, 0.3) is 0 Å². The van der Waals surface area contributed by atoms with Crippen LogP contribution in [0.15, 0.2) is 18.2 Å². The van der Waals surface area contributed by atoms with Gasteiger partial charge in [-0.15, -0.1) is 0 Å². The van der Waals surface area contributed by atoms with E-state index in [-0.39, 0.29) is 11.4 Å². The maximum absolute atomic E-state index is 10.9. The lowest BCUT2D eigenvalue weighted by Crippen LogP contribution is -2.11. The van der Waals surface area contributed by atoms with Gasteiger partial charge in [-0.05, 0) is 24.3 Å². The number of sulfonamides is 2. The Hall–Kier alpha value is -1.28. The zero-order valence-corrected chi connectivity index (χ0v) is 10.3. The van der Waals surface area contributed by atoms with Gasteiger partial charge in [0.15, 0.2) is 0 Å². The van der Waals surface area contributed by atoms with Crippen LogP contribution in [-0.4, -0.2) is 29.3 Å². The van der Waals surface area contributed by atoms with Crippen LogP contribution < -0.4 is 9.44 Å². The molecule has 8 heteroatoms. The largest absolute Gasteiger partial charge is 0.284 e. The molecule has 0 atom stereocenters. The lowest BCUT2D eigenvalue weighted by molar-refractivity contribution is 0.605. The van der Waals surface area contributed by atoms with Crippen LogP contribution >= 0.6 is 0 Å². The van der Waals surface area contributed by atoms with E-state index in [0.29, 0.717) is 0 Å². The number of hydrogen-bond donors (Lipinski definition) is 2. The molecule has 0 saturated heterocycles. The summed E-state index contributed by atoms with van der Waals surface area (Å²) in [6.45, 7) is 0. The molecule has 0 aliphatic heterocycles. The number of anilines is 2. The van der Waals surface area contributed by atoms with E-state index in [0.717, 1.165) is 12.5 Å². The zero-order valence-electron chi connectivity index (χ0n) is 8.68. The number of hydrogen-bond acceptors (Lipinski definition) is 4. The second-order valence-electron chi connectivity index (χ2n) is 3.26.